The predicted octanol–water partition coefficient (Wildman–Crippen LogP) is 7.92. The van der Waals surface area contributed by atoms with Crippen LogP contribution in [0.25, 0.3) is 45.1 Å². The molecule has 3 aromatic carbocycles. The van der Waals surface area contributed by atoms with Crippen molar-refractivity contribution in [1.82, 2.24) is 24.9 Å². The molecule has 15 nitrogen and oxygen atoms in total. The molecule has 296 valence electrons. The van der Waals surface area contributed by atoms with Crippen molar-refractivity contribution in [3.05, 3.63) is 150 Å². The van der Waals surface area contributed by atoms with Crippen molar-refractivity contribution >= 4 is 56.7 Å². The van der Waals surface area contributed by atoms with E-state index in [2.05, 4.69) is 34.4 Å². The summed E-state index contributed by atoms with van der Waals surface area (Å²) in [5, 5.41) is 17.6. The number of methoxy groups -OCH3 is 2. The van der Waals surface area contributed by atoms with Gasteiger partial charge in [-0.25, -0.2) is 19.6 Å². The molecule has 58 heavy (non-hydrogen) atoms. The van der Waals surface area contributed by atoms with Gasteiger partial charge in [0.2, 0.25) is 11.8 Å². The van der Waals surface area contributed by atoms with Crippen molar-refractivity contribution in [2.45, 2.75) is 14.0 Å². The van der Waals surface area contributed by atoms with Crippen LogP contribution in [-0.2, 0) is 16.1 Å². The van der Waals surface area contributed by atoms with E-state index in [9.17, 15) is 14.4 Å². The van der Waals surface area contributed by atoms with Crippen LogP contribution in [0.2, 0.25) is 0 Å². The molecule has 0 atom stereocenters. The zero-order valence-electron chi connectivity index (χ0n) is 30.3. The summed E-state index contributed by atoms with van der Waals surface area (Å²) in [4.78, 5) is 53.2. The van der Waals surface area contributed by atoms with Gasteiger partial charge in [0.15, 0.2) is 11.2 Å². The summed E-state index contributed by atoms with van der Waals surface area (Å²) in [6.07, 6.45) is 9.78. The monoisotopic (exact) mass is 804 g/mol. The van der Waals surface area contributed by atoms with Gasteiger partial charge in [-0.2, -0.15) is 0 Å². The normalized spacial score (nSPS) is 10.0. The molecule has 5 heterocycles. The van der Waals surface area contributed by atoms with Gasteiger partial charge in [0.25, 0.3) is 5.24 Å². The second-order valence-corrected chi connectivity index (χ2v) is 11.8. The van der Waals surface area contributed by atoms with E-state index in [1.165, 1.54) is 38.6 Å². The number of phenolic OH excluding ortho intramolecular Hbond substituents is 1. The van der Waals surface area contributed by atoms with Crippen LogP contribution >= 0.6 is 11.6 Å². The maximum Gasteiger partial charge on any atom is 0.337 e. The number of pyridine rings is 3. The molecule has 0 radical (unpaired) electrons. The number of nitrogen functional groups attached to an aromatic ring is 1. The number of hydrogen-bond acceptors (Lipinski definition) is 15. The number of oxazole rings is 2. The van der Waals surface area contributed by atoms with E-state index in [4.69, 9.17) is 36.4 Å². The number of rotatable bonds is 6. The zero-order valence-corrected chi connectivity index (χ0v) is 31.0. The van der Waals surface area contributed by atoms with Crippen LogP contribution in [0.4, 0.5) is 5.69 Å². The fourth-order valence-electron chi connectivity index (χ4n) is 4.75. The minimum Gasteiger partial charge on any atom is -0.506 e. The van der Waals surface area contributed by atoms with Crippen molar-refractivity contribution in [2.75, 3.05) is 20.0 Å². The maximum atomic E-state index is 11.4. The molecule has 0 unspecified atom stereocenters. The minimum absolute atomic E-state index is 0. The first-order chi connectivity index (χ1) is 27.6. The average molecular weight is 805 g/mol. The van der Waals surface area contributed by atoms with Gasteiger partial charge < -0.3 is 34.3 Å². The summed E-state index contributed by atoms with van der Waals surface area (Å²) in [6.45, 7) is 0.00499. The smallest absolute Gasteiger partial charge is 0.337 e. The molecule has 0 aliphatic rings. The summed E-state index contributed by atoms with van der Waals surface area (Å²) >= 11 is 5.12. The Balaban J connectivity index is 0.000000176. The summed E-state index contributed by atoms with van der Waals surface area (Å²) in [7, 11) is 2.63. The van der Waals surface area contributed by atoms with Crippen LogP contribution in [0.15, 0.2) is 137 Å². The number of carbonyl (C=O) groups excluding carboxylic acids is 3. The lowest BCUT2D eigenvalue weighted by atomic mass is 10.2. The molecular weight excluding hydrogens is 768 g/mol. The number of fused-ring (bicyclic) bond motifs is 2. The quantitative estimate of drug-likeness (QED) is 0.0628. The molecule has 5 aromatic heterocycles. The molecule has 0 aliphatic carbocycles. The van der Waals surface area contributed by atoms with Gasteiger partial charge in [0, 0.05) is 37.2 Å². The second kappa shape index (κ2) is 21.0. The molecule has 8 rings (SSSR count). The van der Waals surface area contributed by atoms with E-state index in [0.717, 1.165) is 22.2 Å². The molecular formula is C42H37ClN6O9. The molecule has 4 N–H and O–H groups in total. The van der Waals surface area contributed by atoms with Gasteiger partial charge in [-0.1, -0.05) is 13.5 Å². The van der Waals surface area contributed by atoms with E-state index in [0.29, 0.717) is 45.2 Å². The molecule has 8 aromatic rings. The SMILES string of the molecule is C.COC(=O)c1ccc(O)c(N)c1.COC(=O)c1ccc2oc(-c3cccnc3)nc2c1.O=C(Cl)c1cccnc1.OCc1ccc2oc(-c3cccnc3)nc2c1. The van der Waals surface area contributed by atoms with E-state index in [-0.39, 0.29) is 25.5 Å². The Bertz CT molecular complexity index is 2590. The third-order valence-corrected chi connectivity index (χ3v) is 7.82. The number of aliphatic hydroxyl groups is 1. The number of aromatic hydroxyl groups is 1. The summed E-state index contributed by atoms with van der Waals surface area (Å²) < 4.78 is 20.4. The Kier molecular flexibility index (Phi) is 15.6. The maximum absolute atomic E-state index is 11.4. The number of halogens is 1. The van der Waals surface area contributed by atoms with Crippen LogP contribution in [-0.4, -0.2) is 66.5 Å². The summed E-state index contributed by atoms with van der Waals surface area (Å²) in [6, 6.07) is 25.3. The minimum atomic E-state index is -0.471. The summed E-state index contributed by atoms with van der Waals surface area (Å²) in [5.41, 5.74) is 11.9. The number of phenols is 1. The Hall–Kier alpha value is -7.49. The zero-order chi connectivity index (χ0) is 40.7. The fourth-order valence-corrected chi connectivity index (χ4v) is 4.86. The van der Waals surface area contributed by atoms with Crippen LogP contribution < -0.4 is 5.73 Å². The topological polar surface area (TPSA) is 227 Å². The van der Waals surface area contributed by atoms with Gasteiger partial charge in [-0.15, -0.1) is 0 Å². The van der Waals surface area contributed by atoms with E-state index < -0.39 is 17.2 Å². The fraction of sp³-hybridized carbons (Fsp3) is 0.0952. The van der Waals surface area contributed by atoms with Crippen LogP contribution in [0.3, 0.4) is 0 Å². The molecule has 0 aliphatic heterocycles. The number of ether oxygens (including phenoxy) is 2. The number of anilines is 1. The predicted molar refractivity (Wildman–Crippen MR) is 217 cm³/mol. The number of esters is 2. The van der Waals surface area contributed by atoms with Crippen LogP contribution in [0.5, 0.6) is 5.75 Å². The number of benzene rings is 3. The molecule has 0 spiro atoms. The lowest BCUT2D eigenvalue weighted by molar-refractivity contribution is 0.0592. The Morgan fingerprint density at radius 1 is 0.672 bits per heavy atom. The van der Waals surface area contributed by atoms with E-state index >= 15 is 0 Å². The van der Waals surface area contributed by atoms with Gasteiger partial charge >= 0.3 is 11.9 Å². The number of carbonyl (C=O) groups is 3. The number of nitrogens with zero attached hydrogens (tertiary/aromatic N) is 5. The number of nitrogens with two attached hydrogens (primary N) is 1. The molecule has 0 bridgehead atoms. The van der Waals surface area contributed by atoms with Gasteiger partial charge in [-0.05, 0) is 102 Å². The highest BCUT2D eigenvalue weighted by atomic mass is 35.5. The molecule has 0 fully saturated rings. The Labute approximate surface area is 336 Å². The molecule has 16 heteroatoms. The third-order valence-electron chi connectivity index (χ3n) is 7.60. The Morgan fingerprint density at radius 3 is 1.62 bits per heavy atom. The first-order valence-electron chi connectivity index (χ1n) is 16.7. The van der Waals surface area contributed by atoms with Crippen molar-refractivity contribution in [2.24, 2.45) is 0 Å². The van der Waals surface area contributed by atoms with Gasteiger partial charge in [0.05, 0.1) is 54.3 Å². The van der Waals surface area contributed by atoms with Crippen LogP contribution in [0, 0.1) is 0 Å². The van der Waals surface area contributed by atoms with Crippen LogP contribution in [0.1, 0.15) is 44.1 Å². The van der Waals surface area contributed by atoms with Gasteiger partial charge in [0.1, 0.15) is 16.8 Å². The van der Waals surface area contributed by atoms with E-state index in [1.807, 2.05) is 42.5 Å². The third kappa shape index (κ3) is 11.5. The molecule has 0 amide bonds. The second-order valence-electron chi connectivity index (χ2n) is 11.4. The Morgan fingerprint density at radius 2 is 1.17 bits per heavy atom. The van der Waals surface area contributed by atoms with E-state index in [1.54, 1.807) is 61.3 Å². The first kappa shape index (κ1) is 43.2. The molecule has 0 saturated carbocycles. The lowest BCUT2D eigenvalue weighted by Gasteiger charge is -2.01. The average Bonchev–Trinajstić information content (AvgIpc) is 3.90. The first-order valence-corrected chi connectivity index (χ1v) is 17.0. The van der Waals surface area contributed by atoms with Gasteiger partial charge in [-0.3, -0.25) is 19.7 Å². The largest absolute Gasteiger partial charge is 0.506 e. The van der Waals surface area contributed by atoms with Crippen molar-refractivity contribution < 1.29 is 42.9 Å². The standard InChI is InChI=1S/C14H10N2O3.C13H10N2O2.C8H9NO3.C6H4ClNO.CH4/c1-18-14(17)9-4-5-12-11(7-9)16-13(19-12)10-3-2-6-15-8-10;16-8-9-3-4-12-11(6-9)15-13(17-12)10-2-1-5-14-7-10;1-12-8(11)5-2-3-7(10)6(9)4-5;7-6(9)5-2-1-3-8-4-5;/h2-8H,1H3;1-7,16H,8H2;2-4,10H,9H2,1H3;1-4H;1H4. The summed E-state index contributed by atoms with van der Waals surface area (Å²) in [5.74, 6) is 0.116. The highest BCUT2D eigenvalue weighted by molar-refractivity contribution is 6.67. The number of aromatic nitrogens is 5. The lowest BCUT2D eigenvalue weighted by Crippen LogP contribution is -2.01. The highest BCUT2D eigenvalue weighted by Crippen LogP contribution is 2.26. The van der Waals surface area contributed by atoms with Crippen molar-refractivity contribution in [3.8, 4) is 28.7 Å². The van der Waals surface area contributed by atoms with Crippen molar-refractivity contribution in [3.63, 3.8) is 0 Å². The number of aliphatic hydroxyl groups excluding tert-OH is 1. The molecule has 0 saturated heterocycles. The van der Waals surface area contributed by atoms with Crippen molar-refractivity contribution in [1.29, 1.82) is 0 Å². The highest BCUT2D eigenvalue weighted by Gasteiger charge is 2.12. The number of hydrogen-bond donors (Lipinski definition) is 3.